The number of carbonyl (C=O) groups is 2. The highest BCUT2D eigenvalue weighted by Crippen LogP contribution is 2.27. The summed E-state index contributed by atoms with van der Waals surface area (Å²) in [5.41, 5.74) is 3.32. The summed E-state index contributed by atoms with van der Waals surface area (Å²) < 4.78 is 16.3. The topological polar surface area (TPSA) is 73.9 Å². The molecule has 0 saturated carbocycles. The molecule has 1 aliphatic rings. The van der Waals surface area contributed by atoms with Crippen LogP contribution in [0.3, 0.4) is 0 Å². The summed E-state index contributed by atoms with van der Waals surface area (Å²) >= 11 is 0. The van der Waals surface area contributed by atoms with Gasteiger partial charge in [-0.25, -0.2) is 4.79 Å². The second-order valence-electron chi connectivity index (χ2n) is 7.04. The monoisotopic (exact) mass is 397 g/mol. The lowest BCUT2D eigenvalue weighted by Gasteiger charge is -2.15. The first-order valence-corrected chi connectivity index (χ1v) is 10.0. The van der Waals surface area contributed by atoms with Crippen LogP contribution >= 0.6 is 0 Å². The number of anilines is 1. The number of ether oxygens (including phenoxy) is 3. The second-order valence-corrected chi connectivity index (χ2v) is 7.04. The van der Waals surface area contributed by atoms with Gasteiger partial charge in [0.1, 0.15) is 0 Å². The number of amides is 1. The third-order valence-corrected chi connectivity index (χ3v) is 4.70. The quantitative estimate of drug-likeness (QED) is 0.650. The number of hydrogen-bond donors (Lipinski definition) is 1. The minimum absolute atomic E-state index is 0.303. The van der Waals surface area contributed by atoms with Crippen molar-refractivity contribution in [2.24, 2.45) is 0 Å². The number of esters is 1. The van der Waals surface area contributed by atoms with E-state index in [2.05, 4.69) is 5.32 Å². The van der Waals surface area contributed by atoms with Gasteiger partial charge in [0.2, 0.25) is 0 Å². The lowest BCUT2D eigenvalue weighted by molar-refractivity contribution is -0.155. The summed E-state index contributed by atoms with van der Waals surface area (Å²) in [6, 6.07) is 13.1. The van der Waals surface area contributed by atoms with E-state index in [1.54, 1.807) is 25.1 Å². The van der Waals surface area contributed by atoms with Crippen molar-refractivity contribution in [1.82, 2.24) is 0 Å². The molecule has 29 heavy (non-hydrogen) atoms. The average molecular weight is 397 g/mol. The predicted molar refractivity (Wildman–Crippen MR) is 110 cm³/mol. The molecule has 0 aromatic heterocycles. The molecule has 0 aliphatic heterocycles. The molecule has 0 spiro atoms. The Morgan fingerprint density at radius 3 is 2.52 bits per heavy atom. The molecule has 3 rings (SSSR count). The molecule has 0 unspecified atom stereocenters. The van der Waals surface area contributed by atoms with E-state index >= 15 is 0 Å². The molecule has 6 heteroatoms. The SMILES string of the molecule is CCCOc1ccccc1OCC(=O)O[C@H](C)C(=O)Nc1ccc2c(c1)CCC2. The molecule has 0 heterocycles. The number of para-hydroxylation sites is 2. The van der Waals surface area contributed by atoms with Gasteiger partial charge in [0, 0.05) is 5.69 Å². The number of nitrogens with one attached hydrogen (secondary N) is 1. The van der Waals surface area contributed by atoms with Crippen molar-refractivity contribution in [2.75, 3.05) is 18.5 Å². The number of aryl methyl sites for hydroxylation is 2. The van der Waals surface area contributed by atoms with Crippen LogP contribution in [0, 0.1) is 0 Å². The van der Waals surface area contributed by atoms with E-state index in [-0.39, 0.29) is 12.5 Å². The van der Waals surface area contributed by atoms with Gasteiger partial charge < -0.3 is 19.5 Å². The zero-order valence-corrected chi connectivity index (χ0v) is 16.9. The van der Waals surface area contributed by atoms with Crippen molar-refractivity contribution < 1.29 is 23.8 Å². The molecule has 0 bridgehead atoms. The number of benzene rings is 2. The van der Waals surface area contributed by atoms with Crippen LogP contribution in [0.15, 0.2) is 42.5 Å². The van der Waals surface area contributed by atoms with Gasteiger partial charge in [0.15, 0.2) is 24.2 Å². The molecule has 0 radical (unpaired) electrons. The van der Waals surface area contributed by atoms with Gasteiger partial charge in [-0.2, -0.15) is 0 Å². The molecule has 0 fully saturated rings. The van der Waals surface area contributed by atoms with Crippen molar-refractivity contribution in [3.63, 3.8) is 0 Å². The van der Waals surface area contributed by atoms with Crippen LogP contribution in [0.2, 0.25) is 0 Å². The molecule has 154 valence electrons. The molecule has 6 nitrogen and oxygen atoms in total. The molecule has 2 aromatic rings. The molecular formula is C23H27NO5. The number of carbonyl (C=O) groups excluding carboxylic acids is 2. The predicted octanol–water partition coefficient (Wildman–Crippen LogP) is 3.91. The summed E-state index contributed by atoms with van der Waals surface area (Å²) in [6.07, 6.45) is 3.21. The standard InChI is InChI=1S/C23H27NO5/c1-3-13-27-20-9-4-5-10-21(20)28-15-22(25)29-16(2)23(26)24-19-12-11-17-7-6-8-18(17)14-19/h4-5,9-12,14,16H,3,6-8,13,15H2,1-2H3,(H,24,26)/t16-/m1/s1. The van der Waals surface area contributed by atoms with Gasteiger partial charge >= 0.3 is 5.97 Å². The van der Waals surface area contributed by atoms with E-state index in [1.165, 1.54) is 11.1 Å². The van der Waals surface area contributed by atoms with E-state index in [4.69, 9.17) is 14.2 Å². The Labute approximate surface area is 171 Å². The molecule has 1 aliphatic carbocycles. The van der Waals surface area contributed by atoms with Gasteiger partial charge in [-0.1, -0.05) is 25.1 Å². The zero-order valence-electron chi connectivity index (χ0n) is 16.9. The maximum Gasteiger partial charge on any atom is 0.344 e. The van der Waals surface area contributed by atoms with E-state index in [0.29, 0.717) is 18.1 Å². The fraction of sp³-hybridized carbons (Fsp3) is 0.391. The Morgan fingerprint density at radius 1 is 1.03 bits per heavy atom. The second kappa shape index (κ2) is 9.96. The number of rotatable bonds is 9. The van der Waals surface area contributed by atoms with Gasteiger partial charge in [-0.15, -0.1) is 0 Å². The molecule has 0 saturated heterocycles. The highest BCUT2D eigenvalue weighted by atomic mass is 16.6. The van der Waals surface area contributed by atoms with Gasteiger partial charge in [-0.05, 0) is 68.0 Å². The van der Waals surface area contributed by atoms with Crippen molar-refractivity contribution in [3.05, 3.63) is 53.6 Å². The van der Waals surface area contributed by atoms with E-state index in [1.807, 2.05) is 31.2 Å². The van der Waals surface area contributed by atoms with Crippen molar-refractivity contribution in [2.45, 2.75) is 45.6 Å². The Morgan fingerprint density at radius 2 is 1.76 bits per heavy atom. The van der Waals surface area contributed by atoms with Crippen molar-refractivity contribution in [1.29, 1.82) is 0 Å². The van der Waals surface area contributed by atoms with Gasteiger partial charge in [-0.3, -0.25) is 4.79 Å². The van der Waals surface area contributed by atoms with Crippen LogP contribution < -0.4 is 14.8 Å². The fourth-order valence-electron chi connectivity index (χ4n) is 3.22. The van der Waals surface area contributed by atoms with Crippen LogP contribution in [0.4, 0.5) is 5.69 Å². The third kappa shape index (κ3) is 5.73. The molecule has 1 N–H and O–H groups in total. The average Bonchev–Trinajstić information content (AvgIpc) is 3.19. The van der Waals surface area contributed by atoms with Crippen LogP contribution in [-0.4, -0.2) is 31.2 Å². The molecule has 2 aromatic carbocycles. The maximum absolute atomic E-state index is 12.3. The maximum atomic E-state index is 12.3. The minimum atomic E-state index is -0.925. The first kappa shape index (κ1) is 20.7. The van der Waals surface area contributed by atoms with Gasteiger partial charge in [0.05, 0.1) is 6.61 Å². The third-order valence-electron chi connectivity index (χ3n) is 4.70. The van der Waals surface area contributed by atoms with Crippen LogP contribution in [0.1, 0.15) is 37.8 Å². The molecule has 1 atom stereocenters. The zero-order chi connectivity index (χ0) is 20.6. The number of fused-ring (bicyclic) bond motifs is 1. The minimum Gasteiger partial charge on any atom is -0.490 e. The van der Waals surface area contributed by atoms with Crippen molar-refractivity contribution in [3.8, 4) is 11.5 Å². The fourth-order valence-corrected chi connectivity index (χ4v) is 3.22. The summed E-state index contributed by atoms with van der Waals surface area (Å²) in [6.45, 7) is 3.81. The summed E-state index contributed by atoms with van der Waals surface area (Å²) in [5.74, 6) is 0.0487. The van der Waals surface area contributed by atoms with E-state index in [9.17, 15) is 9.59 Å². The largest absolute Gasteiger partial charge is 0.490 e. The summed E-state index contributed by atoms with van der Waals surface area (Å²) in [5, 5.41) is 2.81. The Bertz CT molecular complexity index is 864. The van der Waals surface area contributed by atoms with Crippen LogP contribution in [0.5, 0.6) is 11.5 Å². The molecular weight excluding hydrogens is 370 g/mol. The van der Waals surface area contributed by atoms with Gasteiger partial charge in [0.25, 0.3) is 5.91 Å². The molecule has 1 amide bonds. The van der Waals surface area contributed by atoms with E-state index < -0.39 is 12.1 Å². The summed E-state index contributed by atoms with van der Waals surface area (Å²) in [4.78, 5) is 24.4. The highest BCUT2D eigenvalue weighted by molar-refractivity contribution is 5.95. The first-order valence-electron chi connectivity index (χ1n) is 10.0. The lowest BCUT2D eigenvalue weighted by Crippen LogP contribution is -2.31. The summed E-state index contributed by atoms with van der Waals surface area (Å²) in [7, 11) is 0. The van der Waals surface area contributed by atoms with Crippen LogP contribution in [-0.2, 0) is 27.2 Å². The van der Waals surface area contributed by atoms with Crippen LogP contribution in [0.25, 0.3) is 0 Å². The van der Waals surface area contributed by atoms with E-state index in [0.717, 1.165) is 31.4 Å². The Hall–Kier alpha value is -3.02. The Kier molecular flexibility index (Phi) is 7.11. The number of hydrogen-bond acceptors (Lipinski definition) is 5. The highest BCUT2D eigenvalue weighted by Gasteiger charge is 2.20. The first-order chi connectivity index (χ1) is 14.1. The van der Waals surface area contributed by atoms with Crippen molar-refractivity contribution >= 4 is 17.6 Å². The normalized spacial score (nSPS) is 13.3. The smallest absolute Gasteiger partial charge is 0.344 e. The Balaban J connectivity index is 1.48. The lowest BCUT2D eigenvalue weighted by atomic mass is 10.1.